The van der Waals surface area contributed by atoms with Crippen molar-refractivity contribution in [2.24, 2.45) is 5.92 Å². The van der Waals surface area contributed by atoms with Crippen LogP contribution < -0.4 is 5.32 Å². The van der Waals surface area contributed by atoms with E-state index in [9.17, 15) is 4.79 Å². The van der Waals surface area contributed by atoms with E-state index in [1.165, 1.54) is 16.9 Å². The molecule has 138 valence electrons. The van der Waals surface area contributed by atoms with Crippen molar-refractivity contribution in [3.8, 4) is 0 Å². The molecule has 1 N–H and O–H groups in total. The summed E-state index contributed by atoms with van der Waals surface area (Å²) < 4.78 is 0. The van der Waals surface area contributed by atoms with E-state index in [-0.39, 0.29) is 5.91 Å². The average molecular weight is 369 g/mol. The van der Waals surface area contributed by atoms with E-state index in [0.29, 0.717) is 0 Å². The van der Waals surface area contributed by atoms with Crippen molar-refractivity contribution in [2.75, 3.05) is 26.7 Å². The molecule has 3 rings (SSSR count). The van der Waals surface area contributed by atoms with Gasteiger partial charge in [0.2, 0.25) is 0 Å². The molecular formula is C22H28N2OS. The number of nitrogens with zero attached hydrogens (tertiary/aromatic N) is 1. The minimum atomic E-state index is 0.180. The molecule has 0 bridgehead atoms. The number of hydrogen-bond donors (Lipinski definition) is 1. The molecule has 1 aliphatic heterocycles. The van der Waals surface area contributed by atoms with Gasteiger partial charge in [0.25, 0.3) is 5.91 Å². The highest BCUT2D eigenvalue weighted by atomic mass is 32.2. The molecule has 0 atom stereocenters. The lowest BCUT2D eigenvalue weighted by Crippen LogP contribution is -2.38. The number of amides is 1. The van der Waals surface area contributed by atoms with Crippen molar-refractivity contribution < 1.29 is 4.79 Å². The van der Waals surface area contributed by atoms with E-state index in [2.05, 4.69) is 41.7 Å². The van der Waals surface area contributed by atoms with Crippen LogP contribution in [-0.4, -0.2) is 37.5 Å². The molecule has 0 aromatic heterocycles. The average Bonchev–Trinajstić information content (AvgIpc) is 2.72. The molecule has 0 spiro atoms. The first-order chi connectivity index (χ1) is 12.8. The molecule has 1 fully saturated rings. The summed E-state index contributed by atoms with van der Waals surface area (Å²) in [6, 6.07) is 18.6. The normalized spacial score (nSPS) is 15.2. The van der Waals surface area contributed by atoms with E-state index >= 15 is 0 Å². The number of rotatable bonds is 7. The molecule has 4 heteroatoms. The molecule has 0 saturated carbocycles. The zero-order chi connectivity index (χ0) is 18.2. The zero-order valence-electron chi connectivity index (χ0n) is 15.5. The lowest BCUT2D eigenvalue weighted by atomic mass is 9.93. The summed E-state index contributed by atoms with van der Waals surface area (Å²) >= 11 is 1.82. The van der Waals surface area contributed by atoms with Gasteiger partial charge in [0.15, 0.2) is 0 Å². The molecule has 3 nitrogen and oxygen atoms in total. The minimum absolute atomic E-state index is 0.180. The van der Waals surface area contributed by atoms with Crippen molar-refractivity contribution in [1.82, 2.24) is 10.2 Å². The number of nitrogens with one attached hydrogen (secondary N) is 1. The Kier molecular flexibility index (Phi) is 7.15. The Bertz CT molecular complexity index is 679. The third-order valence-corrected chi connectivity index (χ3v) is 6.14. The third kappa shape index (κ3) is 5.36. The first kappa shape index (κ1) is 19.0. The van der Waals surface area contributed by atoms with Crippen LogP contribution in [-0.2, 0) is 5.75 Å². The number of likely N-dealkylation sites (tertiary alicyclic amines) is 1. The SMILES string of the molecule is CNCCC1CCN(C(=O)c2ccc(CSc3ccccc3)cc2)CC1. The van der Waals surface area contributed by atoms with Gasteiger partial charge in [-0.15, -0.1) is 11.8 Å². The van der Waals surface area contributed by atoms with Crippen LogP contribution in [0, 0.1) is 5.92 Å². The molecule has 26 heavy (non-hydrogen) atoms. The van der Waals surface area contributed by atoms with Crippen LogP contribution in [0.25, 0.3) is 0 Å². The van der Waals surface area contributed by atoms with Gasteiger partial charge in [-0.05, 0) is 68.6 Å². The Hall–Kier alpha value is -1.78. The van der Waals surface area contributed by atoms with Gasteiger partial charge in [0.1, 0.15) is 0 Å². The van der Waals surface area contributed by atoms with Crippen molar-refractivity contribution in [3.63, 3.8) is 0 Å². The van der Waals surface area contributed by atoms with Crippen LogP contribution in [0.2, 0.25) is 0 Å². The van der Waals surface area contributed by atoms with Gasteiger partial charge >= 0.3 is 0 Å². The third-order valence-electron chi connectivity index (χ3n) is 5.05. The van der Waals surface area contributed by atoms with Crippen molar-refractivity contribution >= 4 is 17.7 Å². The topological polar surface area (TPSA) is 32.3 Å². The molecule has 2 aromatic carbocycles. The Balaban J connectivity index is 1.49. The van der Waals surface area contributed by atoms with E-state index < -0.39 is 0 Å². The molecule has 1 heterocycles. The van der Waals surface area contributed by atoms with E-state index in [0.717, 1.165) is 49.7 Å². The number of piperidine rings is 1. The van der Waals surface area contributed by atoms with Gasteiger partial charge in [-0.1, -0.05) is 30.3 Å². The predicted octanol–water partition coefficient (Wildman–Crippen LogP) is 4.44. The summed E-state index contributed by atoms with van der Waals surface area (Å²) in [5, 5.41) is 3.22. The quantitative estimate of drug-likeness (QED) is 0.733. The standard InChI is InChI=1S/C22H28N2OS/c1-23-14-11-18-12-15-24(16-13-18)22(25)20-9-7-19(8-10-20)17-26-21-5-3-2-4-6-21/h2-10,18,23H,11-17H2,1H3. The smallest absolute Gasteiger partial charge is 0.253 e. The van der Waals surface area contributed by atoms with Crippen molar-refractivity contribution in [3.05, 3.63) is 65.7 Å². The summed E-state index contributed by atoms with van der Waals surface area (Å²) in [7, 11) is 2.00. The van der Waals surface area contributed by atoms with Crippen LogP contribution in [0.3, 0.4) is 0 Å². The number of hydrogen-bond acceptors (Lipinski definition) is 3. The van der Waals surface area contributed by atoms with E-state index in [4.69, 9.17) is 0 Å². The Morgan fingerprint density at radius 1 is 1.08 bits per heavy atom. The second-order valence-electron chi connectivity index (χ2n) is 6.93. The zero-order valence-corrected chi connectivity index (χ0v) is 16.3. The summed E-state index contributed by atoms with van der Waals surface area (Å²) in [6.07, 6.45) is 3.46. The minimum Gasteiger partial charge on any atom is -0.339 e. The lowest BCUT2D eigenvalue weighted by Gasteiger charge is -2.32. The fraction of sp³-hybridized carbons (Fsp3) is 0.409. The highest BCUT2D eigenvalue weighted by molar-refractivity contribution is 7.98. The molecule has 0 radical (unpaired) electrons. The summed E-state index contributed by atoms with van der Waals surface area (Å²) in [5.41, 5.74) is 2.06. The van der Waals surface area contributed by atoms with Gasteiger partial charge in [-0.2, -0.15) is 0 Å². The first-order valence-corrected chi connectivity index (χ1v) is 10.5. The molecule has 1 saturated heterocycles. The van der Waals surface area contributed by atoms with Gasteiger partial charge in [-0.3, -0.25) is 4.79 Å². The number of carbonyl (C=O) groups is 1. The molecular weight excluding hydrogens is 340 g/mol. The van der Waals surface area contributed by atoms with Gasteiger partial charge in [0.05, 0.1) is 0 Å². The maximum atomic E-state index is 12.7. The van der Waals surface area contributed by atoms with Crippen LogP contribution in [0.15, 0.2) is 59.5 Å². The number of carbonyl (C=O) groups excluding carboxylic acids is 1. The second-order valence-corrected chi connectivity index (χ2v) is 7.98. The van der Waals surface area contributed by atoms with Crippen LogP contribution in [0.5, 0.6) is 0 Å². The van der Waals surface area contributed by atoms with E-state index in [1.54, 1.807) is 0 Å². The van der Waals surface area contributed by atoms with Gasteiger partial charge in [0, 0.05) is 29.3 Å². The Labute approximate surface area is 161 Å². The van der Waals surface area contributed by atoms with Crippen molar-refractivity contribution in [1.29, 1.82) is 0 Å². The molecule has 0 unspecified atom stereocenters. The maximum Gasteiger partial charge on any atom is 0.253 e. The monoisotopic (exact) mass is 368 g/mol. The predicted molar refractivity (Wildman–Crippen MR) is 110 cm³/mol. The maximum absolute atomic E-state index is 12.7. The molecule has 1 aliphatic rings. The number of thioether (sulfide) groups is 1. The summed E-state index contributed by atoms with van der Waals surface area (Å²) in [4.78, 5) is 16.0. The van der Waals surface area contributed by atoms with E-state index in [1.807, 2.05) is 41.9 Å². The van der Waals surface area contributed by atoms with Crippen molar-refractivity contribution in [2.45, 2.75) is 29.9 Å². The largest absolute Gasteiger partial charge is 0.339 e. The lowest BCUT2D eigenvalue weighted by molar-refractivity contribution is 0.0687. The summed E-state index contributed by atoms with van der Waals surface area (Å²) in [6.45, 7) is 2.85. The fourth-order valence-electron chi connectivity index (χ4n) is 3.38. The van der Waals surface area contributed by atoms with Gasteiger partial charge < -0.3 is 10.2 Å². The number of benzene rings is 2. The first-order valence-electron chi connectivity index (χ1n) is 9.47. The van der Waals surface area contributed by atoms with Crippen LogP contribution in [0.1, 0.15) is 35.2 Å². The highest BCUT2D eigenvalue weighted by Crippen LogP contribution is 2.24. The molecule has 0 aliphatic carbocycles. The van der Waals surface area contributed by atoms with Crippen LogP contribution in [0.4, 0.5) is 0 Å². The molecule has 1 amide bonds. The van der Waals surface area contributed by atoms with Gasteiger partial charge in [-0.25, -0.2) is 0 Å². The fourth-order valence-corrected chi connectivity index (χ4v) is 4.26. The summed E-state index contributed by atoms with van der Waals surface area (Å²) in [5.74, 6) is 1.86. The second kappa shape index (κ2) is 9.79. The Morgan fingerprint density at radius 2 is 1.77 bits per heavy atom. The van der Waals surface area contributed by atoms with Crippen LogP contribution >= 0.6 is 11.8 Å². The molecule has 2 aromatic rings. The Morgan fingerprint density at radius 3 is 2.42 bits per heavy atom. The highest BCUT2D eigenvalue weighted by Gasteiger charge is 2.23.